The molecular weight excluding hydrogens is 399 g/mol. The number of hydrogen-bond acceptors (Lipinski definition) is 1. The monoisotopic (exact) mass is 412 g/mol. The van der Waals surface area contributed by atoms with E-state index in [1.54, 1.807) is 6.07 Å². The minimum absolute atomic E-state index is 0.00940. The van der Waals surface area contributed by atoms with E-state index in [1.807, 2.05) is 18.2 Å². The van der Waals surface area contributed by atoms with E-state index in [0.29, 0.717) is 12.2 Å². The lowest BCUT2D eigenvalue weighted by Gasteiger charge is -2.18. The normalized spacial score (nSPS) is 17.2. The summed E-state index contributed by atoms with van der Waals surface area (Å²) in [4.78, 5) is -0.199. The van der Waals surface area contributed by atoms with Crippen molar-refractivity contribution in [2.75, 3.05) is 6.61 Å². The second-order valence-electron chi connectivity index (χ2n) is 5.93. The van der Waals surface area contributed by atoms with Crippen molar-refractivity contribution < 1.29 is 9.13 Å². The van der Waals surface area contributed by atoms with Gasteiger partial charge in [-0.05, 0) is 29.8 Å². The van der Waals surface area contributed by atoms with Gasteiger partial charge in [-0.1, -0.05) is 57.8 Å². The Morgan fingerprint density at radius 2 is 2.00 bits per heavy atom. The number of benzene rings is 2. The van der Waals surface area contributed by atoms with Gasteiger partial charge in [-0.15, -0.1) is 0 Å². The molecule has 110 valence electrons. The zero-order valence-electron chi connectivity index (χ0n) is 11.8. The minimum atomic E-state index is -0.220. The fourth-order valence-electron chi connectivity index (χ4n) is 2.62. The first-order valence-corrected chi connectivity index (χ1v) is 8.46. The van der Waals surface area contributed by atoms with Crippen molar-refractivity contribution in [2.24, 2.45) is 0 Å². The molecule has 0 aliphatic carbocycles. The lowest BCUT2D eigenvalue weighted by Crippen LogP contribution is -2.18. The van der Waals surface area contributed by atoms with E-state index in [-0.39, 0.29) is 16.1 Å². The Hall–Kier alpha value is -0.870. The molecule has 0 saturated heterocycles. The van der Waals surface area contributed by atoms with Crippen molar-refractivity contribution >= 4 is 31.9 Å². The van der Waals surface area contributed by atoms with Crippen molar-refractivity contribution in [1.29, 1.82) is 0 Å². The average Bonchev–Trinajstić information content (AvgIpc) is 2.74. The van der Waals surface area contributed by atoms with Crippen molar-refractivity contribution in [3.63, 3.8) is 0 Å². The zero-order valence-corrected chi connectivity index (χ0v) is 15.0. The third-order valence-corrected chi connectivity index (χ3v) is 5.55. The molecule has 1 unspecified atom stereocenters. The predicted octanol–water partition coefficient (Wildman–Crippen LogP) is 5.74. The fourth-order valence-corrected chi connectivity index (χ4v) is 4.24. The number of fused-ring (bicyclic) bond motifs is 1. The first kappa shape index (κ1) is 15.0. The summed E-state index contributed by atoms with van der Waals surface area (Å²) in [5.74, 6) is 0.707. The summed E-state index contributed by atoms with van der Waals surface area (Å²) in [5, 5.41) is 0. The van der Waals surface area contributed by atoms with E-state index in [2.05, 4.69) is 51.8 Å². The van der Waals surface area contributed by atoms with E-state index in [0.717, 1.165) is 15.8 Å². The Balaban J connectivity index is 2.06. The van der Waals surface area contributed by atoms with Gasteiger partial charge in [0.05, 0.1) is 11.4 Å². The summed E-state index contributed by atoms with van der Waals surface area (Å²) in [6.45, 7) is 5.00. The standard InChI is InChI=1S/C17H15Br2FO/c1-17(2)9-21-14-7-6-10(8-11(14)17)16(19)15-12(18)4-3-5-13(15)20/h3-8,16H,9H2,1-2H3. The van der Waals surface area contributed by atoms with Crippen molar-refractivity contribution in [1.82, 2.24) is 0 Å². The number of alkyl halides is 1. The van der Waals surface area contributed by atoms with Crippen LogP contribution in [-0.4, -0.2) is 6.61 Å². The molecule has 0 N–H and O–H groups in total. The van der Waals surface area contributed by atoms with Crippen LogP contribution in [0.5, 0.6) is 5.75 Å². The SMILES string of the molecule is CC1(C)COc2ccc(C(Br)c3c(F)cccc3Br)cc21. The highest BCUT2D eigenvalue weighted by atomic mass is 79.9. The zero-order chi connectivity index (χ0) is 15.2. The van der Waals surface area contributed by atoms with E-state index in [9.17, 15) is 4.39 Å². The molecular formula is C17H15Br2FO. The lowest BCUT2D eigenvalue weighted by molar-refractivity contribution is 0.291. The van der Waals surface area contributed by atoms with Gasteiger partial charge in [0.1, 0.15) is 11.6 Å². The van der Waals surface area contributed by atoms with Gasteiger partial charge in [0.25, 0.3) is 0 Å². The molecule has 0 saturated carbocycles. The van der Waals surface area contributed by atoms with Crippen molar-refractivity contribution in [3.05, 3.63) is 63.4 Å². The third kappa shape index (κ3) is 2.64. The molecule has 1 atom stereocenters. The largest absolute Gasteiger partial charge is 0.492 e. The molecule has 2 aromatic carbocycles. The van der Waals surface area contributed by atoms with Crippen LogP contribution in [0.1, 0.15) is 35.4 Å². The lowest BCUT2D eigenvalue weighted by atomic mass is 9.85. The number of ether oxygens (including phenoxy) is 1. The Bertz CT molecular complexity index is 677. The molecule has 3 rings (SSSR count). The molecule has 1 nitrogen and oxygen atoms in total. The Kier molecular flexibility index (Phi) is 3.87. The molecule has 0 spiro atoms. The van der Waals surface area contributed by atoms with Crippen molar-refractivity contribution in [3.8, 4) is 5.75 Å². The molecule has 0 fully saturated rings. The smallest absolute Gasteiger partial charge is 0.129 e. The second-order valence-corrected chi connectivity index (χ2v) is 7.70. The van der Waals surface area contributed by atoms with Crippen LogP contribution in [0, 0.1) is 5.82 Å². The number of rotatable bonds is 2. The van der Waals surface area contributed by atoms with Gasteiger partial charge in [-0.2, -0.15) is 0 Å². The van der Waals surface area contributed by atoms with Crippen LogP contribution >= 0.6 is 31.9 Å². The number of hydrogen-bond donors (Lipinski definition) is 0. The maximum absolute atomic E-state index is 14.1. The molecule has 4 heteroatoms. The van der Waals surface area contributed by atoms with Gasteiger partial charge in [0.15, 0.2) is 0 Å². The third-order valence-electron chi connectivity index (χ3n) is 3.87. The summed E-state index contributed by atoms with van der Waals surface area (Å²) >= 11 is 7.07. The van der Waals surface area contributed by atoms with E-state index in [1.165, 1.54) is 11.6 Å². The topological polar surface area (TPSA) is 9.23 Å². The molecule has 0 bridgehead atoms. The molecule has 0 amide bonds. The summed E-state index contributed by atoms with van der Waals surface area (Å²) in [7, 11) is 0. The summed E-state index contributed by atoms with van der Waals surface area (Å²) in [5.41, 5.74) is 2.81. The molecule has 2 aromatic rings. The van der Waals surface area contributed by atoms with Crippen LogP contribution in [0.2, 0.25) is 0 Å². The Morgan fingerprint density at radius 1 is 1.24 bits per heavy atom. The summed E-state index contributed by atoms with van der Waals surface area (Å²) < 4.78 is 20.6. The summed E-state index contributed by atoms with van der Waals surface area (Å²) in [6, 6.07) is 11.1. The Labute approximate surface area is 140 Å². The highest BCUT2D eigenvalue weighted by Gasteiger charge is 2.32. The predicted molar refractivity (Wildman–Crippen MR) is 89.8 cm³/mol. The minimum Gasteiger partial charge on any atom is -0.492 e. The van der Waals surface area contributed by atoms with E-state index in [4.69, 9.17) is 4.74 Å². The molecule has 1 aliphatic rings. The first-order chi connectivity index (χ1) is 9.90. The van der Waals surface area contributed by atoms with Gasteiger partial charge in [-0.25, -0.2) is 4.39 Å². The quantitative estimate of drug-likeness (QED) is 0.570. The average molecular weight is 414 g/mol. The van der Waals surface area contributed by atoms with Gasteiger partial charge in [0, 0.05) is 21.0 Å². The molecule has 1 heterocycles. The summed E-state index contributed by atoms with van der Waals surface area (Å²) in [6.07, 6.45) is 0. The van der Waals surface area contributed by atoms with E-state index < -0.39 is 0 Å². The molecule has 0 aromatic heterocycles. The highest BCUT2D eigenvalue weighted by Crippen LogP contribution is 2.43. The Morgan fingerprint density at radius 3 is 2.71 bits per heavy atom. The van der Waals surface area contributed by atoms with Crippen LogP contribution in [0.25, 0.3) is 0 Å². The molecule has 21 heavy (non-hydrogen) atoms. The fraction of sp³-hybridized carbons (Fsp3) is 0.294. The van der Waals surface area contributed by atoms with Crippen molar-refractivity contribution in [2.45, 2.75) is 24.1 Å². The van der Waals surface area contributed by atoms with E-state index >= 15 is 0 Å². The van der Waals surface area contributed by atoms with Gasteiger partial charge >= 0.3 is 0 Å². The van der Waals surface area contributed by atoms with Gasteiger partial charge < -0.3 is 4.74 Å². The van der Waals surface area contributed by atoms with Crippen LogP contribution in [0.3, 0.4) is 0 Å². The van der Waals surface area contributed by atoms with Crippen LogP contribution < -0.4 is 4.74 Å². The number of halogens is 3. The first-order valence-electron chi connectivity index (χ1n) is 6.75. The van der Waals surface area contributed by atoms with Crippen LogP contribution in [0.4, 0.5) is 4.39 Å². The van der Waals surface area contributed by atoms with Gasteiger partial charge in [-0.3, -0.25) is 0 Å². The van der Waals surface area contributed by atoms with Crippen LogP contribution in [0.15, 0.2) is 40.9 Å². The second kappa shape index (κ2) is 5.40. The highest BCUT2D eigenvalue weighted by molar-refractivity contribution is 9.11. The maximum Gasteiger partial charge on any atom is 0.129 e. The molecule has 0 radical (unpaired) electrons. The van der Waals surface area contributed by atoms with Crippen LogP contribution in [-0.2, 0) is 5.41 Å². The maximum atomic E-state index is 14.1. The molecule has 1 aliphatic heterocycles. The van der Waals surface area contributed by atoms with Gasteiger partial charge in [0.2, 0.25) is 0 Å².